The zero-order valence-electron chi connectivity index (χ0n) is 20.3. The lowest BCUT2D eigenvalue weighted by atomic mass is 9.48. The van der Waals surface area contributed by atoms with Crippen molar-refractivity contribution in [2.45, 2.75) is 141 Å². The standard InChI is InChI=1S/C28H49BrO/c1-4-5-6-7-8-9-10-11-12-13-14-22(2)27(3,29)21-26(30)28-18-23-15-24(19-28)17-25(16-23)20-28/h22-25H,4-21H2,1-3H3. The Morgan fingerprint density at radius 3 is 1.77 bits per heavy atom. The van der Waals surface area contributed by atoms with Crippen LogP contribution in [0.1, 0.15) is 136 Å². The smallest absolute Gasteiger partial charge is 0.140 e. The van der Waals surface area contributed by atoms with Crippen molar-refractivity contribution < 1.29 is 4.79 Å². The average molecular weight is 482 g/mol. The van der Waals surface area contributed by atoms with Crippen LogP contribution in [0.2, 0.25) is 0 Å². The molecule has 0 aromatic heterocycles. The van der Waals surface area contributed by atoms with Crippen molar-refractivity contribution in [1.29, 1.82) is 0 Å². The summed E-state index contributed by atoms with van der Waals surface area (Å²) in [5.74, 6) is 3.78. The van der Waals surface area contributed by atoms with Gasteiger partial charge in [-0.2, -0.15) is 0 Å². The maximum absolute atomic E-state index is 13.5. The van der Waals surface area contributed by atoms with Gasteiger partial charge in [-0.15, -0.1) is 0 Å². The maximum atomic E-state index is 13.5. The number of alkyl halides is 1. The highest BCUT2D eigenvalue weighted by Gasteiger charge is 2.55. The molecular weight excluding hydrogens is 432 g/mol. The van der Waals surface area contributed by atoms with Crippen LogP contribution < -0.4 is 0 Å². The molecule has 0 N–H and O–H groups in total. The minimum atomic E-state index is -0.0211. The van der Waals surface area contributed by atoms with Crippen LogP contribution >= 0.6 is 15.9 Å². The van der Waals surface area contributed by atoms with Crippen molar-refractivity contribution in [3.8, 4) is 0 Å². The Morgan fingerprint density at radius 1 is 0.867 bits per heavy atom. The summed E-state index contributed by atoms with van der Waals surface area (Å²) in [5.41, 5.74) is 0.0701. The number of Topliss-reactive ketones (excluding diaryl/α,β-unsaturated/α-hetero) is 1. The van der Waals surface area contributed by atoms with Crippen LogP contribution in [0, 0.1) is 29.1 Å². The van der Waals surface area contributed by atoms with E-state index in [4.69, 9.17) is 0 Å². The molecule has 0 aromatic rings. The molecular formula is C28H49BrO. The summed E-state index contributed by atoms with van der Waals surface area (Å²) in [6.07, 6.45) is 23.9. The summed E-state index contributed by atoms with van der Waals surface area (Å²) in [5, 5.41) is 0. The molecule has 4 bridgehead atoms. The number of rotatable bonds is 15. The molecule has 4 rings (SSSR count). The average Bonchev–Trinajstić information content (AvgIpc) is 2.68. The summed E-state index contributed by atoms with van der Waals surface area (Å²) in [4.78, 5) is 13.5. The van der Waals surface area contributed by atoms with Gasteiger partial charge in [-0.1, -0.05) is 94.0 Å². The molecule has 4 fully saturated rings. The fourth-order valence-corrected chi connectivity index (χ4v) is 7.85. The molecule has 0 radical (unpaired) electrons. The van der Waals surface area contributed by atoms with Crippen molar-refractivity contribution >= 4 is 21.7 Å². The number of hydrogen-bond donors (Lipinski definition) is 0. The molecule has 30 heavy (non-hydrogen) atoms. The van der Waals surface area contributed by atoms with E-state index < -0.39 is 0 Å². The van der Waals surface area contributed by atoms with Gasteiger partial charge >= 0.3 is 0 Å². The number of halogens is 1. The Bertz CT molecular complexity index is 501. The molecule has 2 unspecified atom stereocenters. The zero-order chi connectivity index (χ0) is 21.6. The first-order valence-electron chi connectivity index (χ1n) is 13.6. The highest BCUT2D eigenvalue weighted by molar-refractivity contribution is 9.10. The first-order chi connectivity index (χ1) is 14.3. The predicted octanol–water partition coefficient (Wildman–Crippen LogP) is 9.26. The van der Waals surface area contributed by atoms with E-state index >= 15 is 0 Å². The van der Waals surface area contributed by atoms with Crippen molar-refractivity contribution in [3.63, 3.8) is 0 Å². The van der Waals surface area contributed by atoms with Crippen molar-refractivity contribution in [2.75, 3.05) is 0 Å². The maximum Gasteiger partial charge on any atom is 0.140 e. The molecule has 1 nitrogen and oxygen atoms in total. The van der Waals surface area contributed by atoms with Gasteiger partial charge in [0, 0.05) is 16.2 Å². The Kier molecular flexibility index (Phi) is 9.36. The Hall–Kier alpha value is 0.150. The SMILES string of the molecule is CCCCCCCCCCCCC(C)C(C)(Br)CC(=O)C12CC3CC(CC(C3)C1)C2. The molecule has 0 spiro atoms. The van der Waals surface area contributed by atoms with E-state index in [-0.39, 0.29) is 9.74 Å². The molecule has 174 valence electrons. The topological polar surface area (TPSA) is 17.1 Å². The summed E-state index contributed by atoms with van der Waals surface area (Å²) < 4.78 is -0.0211. The van der Waals surface area contributed by atoms with Gasteiger partial charge in [0.2, 0.25) is 0 Å². The quantitative estimate of drug-likeness (QED) is 0.168. The number of ketones is 1. The number of carbonyl (C=O) groups is 1. The van der Waals surface area contributed by atoms with Crippen molar-refractivity contribution in [1.82, 2.24) is 0 Å². The first-order valence-corrected chi connectivity index (χ1v) is 14.4. The lowest BCUT2D eigenvalue weighted by molar-refractivity contribution is -0.144. The van der Waals surface area contributed by atoms with Crippen LogP contribution in [0.3, 0.4) is 0 Å². The molecule has 4 aliphatic rings. The predicted molar refractivity (Wildman–Crippen MR) is 133 cm³/mol. The van der Waals surface area contributed by atoms with Gasteiger partial charge in [-0.25, -0.2) is 0 Å². The summed E-state index contributed by atoms with van der Waals surface area (Å²) in [7, 11) is 0. The molecule has 0 saturated heterocycles. The van der Waals surface area contributed by atoms with Crippen LogP contribution in [0.4, 0.5) is 0 Å². The second-order valence-electron chi connectivity index (χ2n) is 11.9. The van der Waals surface area contributed by atoms with E-state index in [9.17, 15) is 4.79 Å². The minimum Gasteiger partial charge on any atom is -0.299 e. The molecule has 0 heterocycles. The minimum absolute atomic E-state index is 0.0211. The van der Waals surface area contributed by atoms with Crippen molar-refractivity contribution in [2.24, 2.45) is 29.1 Å². The third-order valence-electron chi connectivity index (χ3n) is 9.15. The van der Waals surface area contributed by atoms with Gasteiger partial charge in [0.15, 0.2) is 0 Å². The van der Waals surface area contributed by atoms with Gasteiger partial charge < -0.3 is 0 Å². The Balaban J connectivity index is 1.32. The summed E-state index contributed by atoms with van der Waals surface area (Å²) in [6, 6.07) is 0. The van der Waals surface area contributed by atoms with E-state index in [1.165, 1.54) is 109 Å². The van der Waals surface area contributed by atoms with E-state index in [0.29, 0.717) is 11.7 Å². The second kappa shape index (κ2) is 11.3. The van der Waals surface area contributed by atoms with Crippen LogP contribution in [0.25, 0.3) is 0 Å². The molecule has 0 amide bonds. The van der Waals surface area contributed by atoms with E-state index in [1.54, 1.807) is 0 Å². The van der Waals surface area contributed by atoms with E-state index in [1.807, 2.05) is 0 Å². The number of unbranched alkanes of at least 4 members (excludes halogenated alkanes) is 9. The third-order valence-corrected chi connectivity index (χ3v) is 10.2. The van der Waals surface area contributed by atoms with E-state index in [2.05, 4.69) is 36.7 Å². The highest BCUT2D eigenvalue weighted by Crippen LogP contribution is 2.61. The third kappa shape index (κ3) is 6.58. The van der Waals surface area contributed by atoms with Gasteiger partial charge in [0.05, 0.1) is 0 Å². The normalized spacial score (nSPS) is 32.9. The number of carbonyl (C=O) groups excluding carboxylic acids is 1. The molecule has 0 aliphatic heterocycles. The van der Waals surface area contributed by atoms with Crippen LogP contribution in [-0.2, 0) is 4.79 Å². The zero-order valence-corrected chi connectivity index (χ0v) is 21.9. The van der Waals surface area contributed by atoms with Gasteiger partial charge in [-0.3, -0.25) is 4.79 Å². The van der Waals surface area contributed by atoms with E-state index in [0.717, 1.165) is 24.2 Å². The summed E-state index contributed by atoms with van der Waals surface area (Å²) >= 11 is 4.03. The fraction of sp³-hybridized carbons (Fsp3) is 0.964. The molecule has 0 aromatic carbocycles. The van der Waals surface area contributed by atoms with Crippen LogP contribution in [0.5, 0.6) is 0 Å². The van der Waals surface area contributed by atoms with Gasteiger partial charge in [0.25, 0.3) is 0 Å². The molecule has 4 aliphatic carbocycles. The van der Waals surface area contributed by atoms with Crippen LogP contribution in [-0.4, -0.2) is 10.1 Å². The largest absolute Gasteiger partial charge is 0.299 e. The monoisotopic (exact) mass is 480 g/mol. The molecule has 2 heteroatoms. The van der Waals surface area contributed by atoms with Gasteiger partial charge in [-0.05, 0) is 75.5 Å². The first kappa shape index (κ1) is 24.8. The molecule has 4 saturated carbocycles. The summed E-state index contributed by atoms with van der Waals surface area (Å²) in [6.45, 7) is 6.96. The Morgan fingerprint density at radius 2 is 1.30 bits per heavy atom. The van der Waals surface area contributed by atoms with Crippen molar-refractivity contribution in [3.05, 3.63) is 0 Å². The lowest BCUT2D eigenvalue weighted by Gasteiger charge is -2.56. The van der Waals surface area contributed by atoms with Crippen LogP contribution in [0.15, 0.2) is 0 Å². The lowest BCUT2D eigenvalue weighted by Crippen LogP contribution is -2.51. The number of hydrogen-bond acceptors (Lipinski definition) is 1. The second-order valence-corrected chi connectivity index (χ2v) is 13.8. The Labute approximate surface area is 196 Å². The van der Waals surface area contributed by atoms with Gasteiger partial charge in [0.1, 0.15) is 5.78 Å². The highest BCUT2D eigenvalue weighted by atomic mass is 79.9. The molecule has 2 atom stereocenters. The fourth-order valence-electron chi connectivity index (χ4n) is 7.37.